The van der Waals surface area contributed by atoms with Crippen molar-refractivity contribution < 1.29 is 19.5 Å². The highest BCUT2D eigenvalue weighted by atomic mass is 35.5. The molecule has 0 saturated carbocycles. The molecule has 10 heteroatoms. The molecule has 144 valence electrons. The largest absolute Gasteiger partial charge is 0.480 e. The highest BCUT2D eigenvalue weighted by molar-refractivity contribution is 7.13. The number of nitrogens with two attached hydrogens (primary N) is 1. The number of nitrogens with zero attached hydrogens (tertiary/aromatic N) is 1. The van der Waals surface area contributed by atoms with Crippen molar-refractivity contribution in [1.82, 2.24) is 15.6 Å². The summed E-state index contributed by atoms with van der Waals surface area (Å²) in [5.41, 5.74) is 6.39. The van der Waals surface area contributed by atoms with Gasteiger partial charge in [0.15, 0.2) is 0 Å². The van der Waals surface area contributed by atoms with Crippen LogP contribution in [0.15, 0.2) is 29.6 Å². The number of nitrogens with one attached hydrogen (secondary N) is 2. The van der Waals surface area contributed by atoms with Crippen LogP contribution in [0.5, 0.6) is 0 Å². The summed E-state index contributed by atoms with van der Waals surface area (Å²) in [4.78, 5) is 38.4. The van der Waals surface area contributed by atoms with Gasteiger partial charge in [0.2, 0.25) is 5.91 Å². The Kier molecular flexibility index (Phi) is 7.56. The summed E-state index contributed by atoms with van der Waals surface area (Å²) in [6.07, 6.45) is 0.527. The van der Waals surface area contributed by atoms with Gasteiger partial charge in [-0.3, -0.25) is 4.79 Å². The van der Waals surface area contributed by atoms with Crippen molar-refractivity contribution in [2.24, 2.45) is 5.73 Å². The van der Waals surface area contributed by atoms with E-state index >= 15 is 0 Å². The summed E-state index contributed by atoms with van der Waals surface area (Å²) in [6, 6.07) is 5.48. The number of benzene rings is 1. The number of urea groups is 1. The molecule has 1 atom stereocenters. The molecule has 0 aliphatic rings. The van der Waals surface area contributed by atoms with Crippen LogP contribution >= 0.6 is 22.9 Å². The van der Waals surface area contributed by atoms with Gasteiger partial charge in [-0.15, -0.1) is 11.3 Å². The Bertz CT molecular complexity index is 810. The molecule has 1 heterocycles. The number of hydrogen-bond acceptors (Lipinski definition) is 5. The summed E-state index contributed by atoms with van der Waals surface area (Å²) >= 11 is 7.26. The molecule has 3 amide bonds. The molecule has 0 aliphatic carbocycles. The Morgan fingerprint density at radius 2 is 1.96 bits per heavy atom. The Morgan fingerprint density at radius 1 is 1.26 bits per heavy atom. The average molecular weight is 411 g/mol. The van der Waals surface area contributed by atoms with Crippen LogP contribution in [0, 0.1) is 0 Å². The fourth-order valence-corrected chi connectivity index (χ4v) is 3.25. The second-order valence-corrected chi connectivity index (χ2v) is 7.01. The first-order valence-electron chi connectivity index (χ1n) is 8.11. The van der Waals surface area contributed by atoms with Crippen molar-refractivity contribution in [3.8, 4) is 10.6 Å². The number of aromatic nitrogens is 1. The SMILES string of the molecule is NC(=O)NCCC[C@@H](NC(=O)Cc1csc(-c2ccc(Cl)cc2)n1)C(=O)O. The van der Waals surface area contributed by atoms with E-state index in [1.54, 1.807) is 17.5 Å². The second-order valence-electron chi connectivity index (χ2n) is 5.72. The second kappa shape index (κ2) is 9.89. The number of primary amides is 1. The van der Waals surface area contributed by atoms with Crippen LogP contribution < -0.4 is 16.4 Å². The van der Waals surface area contributed by atoms with E-state index in [0.29, 0.717) is 17.1 Å². The van der Waals surface area contributed by atoms with E-state index in [1.807, 2.05) is 12.1 Å². The van der Waals surface area contributed by atoms with E-state index in [9.17, 15) is 19.5 Å². The van der Waals surface area contributed by atoms with Crippen LogP contribution in [0.3, 0.4) is 0 Å². The van der Waals surface area contributed by atoms with E-state index in [1.165, 1.54) is 11.3 Å². The van der Waals surface area contributed by atoms with E-state index < -0.39 is 23.9 Å². The predicted octanol–water partition coefficient (Wildman–Crippen LogP) is 2.02. The number of carboxylic acid groups (broad SMARTS) is 1. The lowest BCUT2D eigenvalue weighted by Gasteiger charge is -2.14. The lowest BCUT2D eigenvalue weighted by atomic mass is 10.1. The minimum Gasteiger partial charge on any atom is -0.480 e. The van der Waals surface area contributed by atoms with Crippen molar-refractivity contribution in [3.05, 3.63) is 40.4 Å². The number of hydrogen-bond donors (Lipinski definition) is 4. The zero-order chi connectivity index (χ0) is 19.8. The molecule has 8 nitrogen and oxygen atoms in total. The van der Waals surface area contributed by atoms with Gasteiger partial charge in [-0.25, -0.2) is 14.6 Å². The monoisotopic (exact) mass is 410 g/mol. The van der Waals surface area contributed by atoms with Gasteiger partial charge in [-0.1, -0.05) is 23.7 Å². The van der Waals surface area contributed by atoms with Crippen molar-refractivity contribution in [1.29, 1.82) is 0 Å². The number of carboxylic acids is 1. The Morgan fingerprint density at radius 3 is 2.59 bits per heavy atom. The van der Waals surface area contributed by atoms with Gasteiger partial charge in [-0.2, -0.15) is 0 Å². The zero-order valence-electron chi connectivity index (χ0n) is 14.3. The first-order chi connectivity index (χ1) is 12.8. The Balaban J connectivity index is 1.88. The van der Waals surface area contributed by atoms with Gasteiger partial charge in [0.1, 0.15) is 11.0 Å². The van der Waals surface area contributed by atoms with Crippen molar-refractivity contribution in [2.45, 2.75) is 25.3 Å². The van der Waals surface area contributed by atoms with Crippen LogP contribution in [0.2, 0.25) is 5.02 Å². The molecule has 0 bridgehead atoms. The van der Waals surface area contributed by atoms with Gasteiger partial charge in [0, 0.05) is 22.5 Å². The minimum atomic E-state index is -1.14. The molecule has 0 fully saturated rings. The molecule has 0 spiro atoms. The number of amides is 3. The highest BCUT2D eigenvalue weighted by Gasteiger charge is 2.20. The molecule has 0 radical (unpaired) electrons. The molecule has 1 aromatic heterocycles. The summed E-state index contributed by atoms with van der Waals surface area (Å²) in [6.45, 7) is 0.242. The van der Waals surface area contributed by atoms with Gasteiger partial charge < -0.3 is 21.5 Å². The van der Waals surface area contributed by atoms with Crippen LogP contribution in [-0.4, -0.2) is 40.6 Å². The number of carbonyl (C=O) groups excluding carboxylic acids is 2. The van der Waals surface area contributed by atoms with E-state index in [-0.39, 0.29) is 19.4 Å². The fraction of sp³-hybridized carbons (Fsp3) is 0.294. The lowest BCUT2D eigenvalue weighted by Crippen LogP contribution is -2.42. The van der Waals surface area contributed by atoms with Gasteiger partial charge in [0.25, 0.3) is 0 Å². The van der Waals surface area contributed by atoms with Gasteiger partial charge in [-0.05, 0) is 25.0 Å². The third-order valence-electron chi connectivity index (χ3n) is 3.59. The number of carbonyl (C=O) groups is 3. The normalized spacial score (nSPS) is 11.6. The summed E-state index contributed by atoms with van der Waals surface area (Å²) < 4.78 is 0. The first-order valence-corrected chi connectivity index (χ1v) is 9.36. The van der Waals surface area contributed by atoms with Crippen LogP contribution in [0.4, 0.5) is 4.79 Å². The van der Waals surface area contributed by atoms with Crippen LogP contribution in [0.25, 0.3) is 10.6 Å². The summed E-state index contributed by atoms with van der Waals surface area (Å²) in [5.74, 6) is -1.57. The van der Waals surface area contributed by atoms with Gasteiger partial charge in [0.05, 0.1) is 12.1 Å². The molecule has 0 saturated heterocycles. The maximum atomic E-state index is 12.1. The summed E-state index contributed by atoms with van der Waals surface area (Å²) in [5, 5.41) is 17.2. The third-order valence-corrected chi connectivity index (χ3v) is 4.78. The first kappa shape index (κ1) is 20.7. The minimum absolute atomic E-state index is 0.0204. The topological polar surface area (TPSA) is 134 Å². The maximum Gasteiger partial charge on any atom is 0.326 e. The van der Waals surface area contributed by atoms with Crippen molar-refractivity contribution in [3.63, 3.8) is 0 Å². The molecular formula is C17H19ClN4O4S. The predicted molar refractivity (Wildman–Crippen MR) is 103 cm³/mol. The van der Waals surface area contributed by atoms with Crippen LogP contribution in [0.1, 0.15) is 18.5 Å². The smallest absolute Gasteiger partial charge is 0.326 e. The van der Waals surface area contributed by atoms with Crippen molar-refractivity contribution >= 4 is 40.8 Å². The summed E-state index contributed by atoms with van der Waals surface area (Å²) in [7, 11) is 0. The zero-order valence-corrected chi connectivity index (χ0v) is 15.8. The van der Waals surface area contributed by atoms with Gasteiger partial charge >= 0.3 is 12.0 Å². The average Bonchev–Trinajstić information content (AvgIpc) is 3.06. The molecule has 0 aliphatic heterocycles. The molecule has 2 rings (SSSR count). The number of thiazole rings is 1. The highest BCUT2D eigenvalue weighted by Crippen LogP contribution is 2.25. The molecule has 5 N–H and O–H groups in total. The maximum absolute atomic E-state index is 12.1. The van der Waals surface area contributed by atoms with E-state index in [0.717, 1.165) is 10.6 Å². The van der Waals surface area contributed by atoms with Crippen LogP contribution in [-0.2, 0) is 16.0 Å². The number of halogens is 1. The molecule has 2 aromatic rings. The molecule has 0 unspecified atom stereocenters. The molecular weight excluding hydrogens is 392 g/mol. The standard InChI is InChI=1S/C17H19ClN4O4S/c18-11-5-3-10(4-6-11)15-21-12(9-27-15)8-14(23)22-13(16(24)25)2-1-7-20-17(19)26/h3-6,9,13H,1-2,7-8H2,(H,22,23)(H,24,25)(H3,19,20,26)/t13-/m1/s1. The number of rotatable bonds is 9. The van der Waals surface area contributed by atoms with E-state index in [4.69, 9.17) is 17.3 Å². The fourth-order valence-electron chi connectivity index (χ4n) is 2.30. The Labute approximate surface area is 164 Å². The van der Waals surface area contributed by atoms with E-state index in [2.05, 4.69) is 15.6 Å². The quantitative estimate of drug-likeness (QED) is 0.469. The molecule has 27 heavy (non-hydrogen) atoms. The molecule has 1 aromatic carbocycles. The Hall–Kier alpha value is -2.65. The third kappa shape index (κ3) is 6.87. The van der Waals surface area contributed by atoms with Crippen molar-refractivity contribution in [2.75, 3.05) is 6.54 Å². The number of aliphatic carboxylic acids is 1. The lowest BCUT2D eigenvalue weighted by molar-refractivity contribution is -0.141.